The number of carboxylic acid groups (broad SMARTS) is 1. The maximum atomic E-state index is 11.6. The molecule has 0 saturated carbocycles. The van der Waals surface area contributed by atoms with Gasteiger partial charge in [0.1, 0.15) is 0 Å². The van der Waals surface area contributed by atoms with Crippen LogP contribution in [0.2, 0.25) is 0 Å². The minimum Gasteiger partial charge on any atom is -0.464 e. The fraction of sp³-hybridized carbons (Fsp3) is 0. The molecule has 0 aromatic heterocycles. The molecule has 1 aliphatic rings. The van der Waals surface area contributed by atoms with Gasteiger partial charge < -0.3 is 5.11 Å². The number of hydrogen-bond donors (Lipinski definition) is 1. The van der Waals surface area contributed by atoms with Crippen LogP contribution in [0.4, 0.5) is 10.5 Å². The molecule has 0 radical (unpaired) electrons. The van der Waals surface area contributed by atoms with Crippen LogP contribution in [-0.4, -0.2) is 17.1 Å². The number of hydrogen-bond acceptors (Lipinski definition) is 2. The molecule has 0 aliphatic carbocycles. The zero-order chi connectivity index (χ0) is 11.0. The predicted octanol–water partition coefficient (Wildman–Crippen LogP) is 2.29. The van der Waals surface area contributed by atoms with Crippen LogP contribution in [-0.2, 0) is 4.79 Å². The SMILES string of the molecule is O=C(O)N1C(=O)/C(=C\Cl)c2ccccc21. The Morgan fingerprint density at radius 1 is 1.40 bits per heavy atom. The summed E-state index contributed by atoms with van der Waals surface area (Å²) in [5.41, 5.74) is 2.20. The highest BCUT2D eigenvalue weighted by Gasteiger charge is 2.36. The van der Waals surface area contributed by atoms with E-state index in [1.807, 2.05) is 0 Å². The second-order valence-electron chi connectivity index (χ2n) is 2.96. The van der Waals surface area contributed by atoms with Gasteiger partial charge in [-0.1, -0.05) is 29.8 Å². The zero-order valence-electron chi connectivity index (χ0n) is 7.48. The van der Waals surface area contributed by atoms with Gasteiger partial charge in [0.05, 0.1) is 11.3 Å². The number of benzene rings is 1. The molecule has 1 aliphatic heterocycles. The van der Waals surface area contributed by atoms with E-state index in [4.69, 9.17) is 16.7 Å². The molecule has 1 aromatic rings. The molecule has 0 atom stereocenters. The zero-order valence-corrected chi connectivity index (χ0v) is 8.23. The van der Waals surface area contributed by atoms with Crippen LogP contribution in [0.3, 0.4) is 0 Å². The van der Waals surface area contributed by atoms with Crippen molar-refractivity contribution in [1.82, 2.24) is 0 Å². The summed E-state index contributed by atoms with van der Waals surface area (Å²) in [5.74, 6) is -0.612. The Labute approximate surface area is 90.4 Å². The maximum Gasteiger partial charge on any atom is 0.419 e. The van der Waals surface area contributed by atoms with Crippen molar-refractivity contribution in [2.24, 2.45) is 0 Å². The predicted molar refractivity (Wildman–Crippen MR) is 55.8 cm³/mol. The van der Waals surface area contributed by atoms with Crippen LogP contribution in [0.5, 0.6) is 0 Å². The molecule has 1 N–H and O–H groups in total. The number of halogens is 1. The van der Waals surface area contributed by atoms with E-state index in [0.717, 1.165) is 5.54 Å². The largest absolute Gasteiger partial charge is 0.464 e. The lowest BCUT2D eigenvalue weighted by atomic mass is 10.1. The summed E-state index contributed by atoms with van der Waals surface area (Å²) in [4.78, 5) is 23.2. The molecule has 2 rings (SSSR count). The highest BCUT2D eigenvalue weighted by atomic mass is 35.5. The third-order valence-electron chi connectivity index (χ3n) is 2.17. The molecule has 0 saturated heterocycles. The quantitative estimate of drug-likeness (QED) is 0.687. The van der Waals surface area contributed by atoms with Crippen molar-refractivity contribution in [3.8, 4) is 0 Å². The van der Waals surface area contributed by atoms with Gasteiger partial charge in [0.2, 0.25) is 0 Å². The lowest BCUT2D eigenvalue weighted by molar-refractivity contribution is -0.112. The second kappa shape index (κ2) is 3.40. The van der Waals surface area contributed by atoms with Crippen molar-refractivity contribution in [3.05, 3.63) is 35.4 Å². The lowest BCUT2D eigenvalue weighted by Crippen LogP contribution is -2.31. The number of rotatable bonds is 0. The molecule has 15 heavy (non-hydrogen) atoms. The third-order valence-corrected chi connectivity index (χ3v) is 2.39. The van der Waals surface area contributed by atoms with Gasteiger partial charge in [-0.05, 0) is 6.07 Å². The van der Waals surface area contributed by atoms with Crippen LogP contribution < -0.4 is 4.90 Å². The first-order valence-corrected chi connectivity index (χ1v) is 4.57. The van der Waals surface area contributed by atoms with Gasteiger partial charge in [0, 0.05) is 11.1 Å². The van der Waals surface area contributed by atoms with E-state index in [1.165, 1.54) is 0 Å². The third kappa shape index (κ3) is 1.30. The summed E-state index contributed by atoms with van der Waals surface area (Å²) in [7, 11) is 0. The molecule has 4 nitrogen and oxygen atoms in total. The highest BCUT2D eigenvalue weighted by Crippen LogP contribution is 2.36. The summed E-state index contributed by atoms with van der Waals surface area (Å²) >= 11 is 5.50. The molecular formula is C10H6ClNO3. The van der Waals surface area contributed by atoms with Crippen molar-refractivity contribution < 1.29 is 14.7 Å². The Morgan fingerprint density at radius 2 is 2.07 bits per heavy atom. The molecule has 5 heteroatoms. The van der Waals surface area contributed by atoms with Gasteiger partial charge in [-0.3, -0.25) is 4.79 Å². The van der Waals surface area contributed by atoms with E-state index in [0.29, 0.717) is 16.2 Å². The summed E-state index contributed by atoms with van der Waals surface area (Å²) in [6.45, 7) is 0. The van der Waals surface area contributed by atoms with Crippen molar-refractivity contribution in [1.29, 1.82) is 0 Å². The number of carbonyl (C=O) groups is 2. The molecule has 76 valence electrons. The highest BCUT2D eigenvalue weighted by molar-refractivity contribution is 6.44. The Bertz CT molecular complexity index is 481. The van der Waals surface area contributed by atoms with Gasteiger partial charge in [0.15, 0.2) is 0 Å². The van der Waals surface area contributed by atoms with E-state index in [-0.39, 0.29) is 5.57 Å². The van der Waals surface area contributed by atoms with Gasteiger partial charge in [-0.25, -0.2) is 9.69 Å². The number of carbonyl (C=O) groups excluding carboxylic acids is 1. The Morgan fingerprint density at radius 3 is 2.67 bits per heavy atom. The van der Waals surface area contributed by atoms with E-state index >= 15 is 0 Å². The van der Waals surface area contributed by atoms with E-state index < -0.39 is 12.0 Å². The number of fused-ring (bicyclic) bond motifs is 1. The Hall–Kier alpha value is -1.81. The summed E-state index contributed by atoms with van der Waals surface area (Å²) in [6, 6.07) is 6.61. The number of anilines is 1. The Kier molecular flexibility index (Phi) is 2.21. The van der Waals surface area contributed by atoms with Crippen molar-refractivity contribution >= 4 is 34.9 Å². The average Bonchev–Trinajstić information content (AvgIpc) is 2.49. The van der Waals surface area contributed by atoms with E-state index in [9.17, 15) is 9.59 Å². The topological polar surface area (TPSA) is 57.6 Å². The minimum atomic E-state index is -1.30. The number of amides is 2. The lowest BCUT2D eigenvalue weighted by Gasteiger charge is -2.09. The molecule has 2 amide bonds. The van der Waals surface area contributed by atoms with Crippen molar-refractivity contribution in [2.75, 3.05) is 4.90 Å². The summed E-state index contributed by atoms with van der Waals surface area (Å²) in [5, 5.41) is 8.88. The molecule has 0 unspecified atom stereocenters. The van der Waals surface area contributed by atoms with Gasteiger partial charge in [-0.15, -0.1) is 0 Å². The first-order chi connectivity index (χ1) is 7.16. The normalized spacial score (nSPS) is 17.0. The second-order valence-corrected chi connectivity index (χ2v) is 3.18. The van der Waals surface area contributed by atoms with Crippen molar-refractivity contribution in [3.63, 3.8) is 0 Å². The van der Waals surface area contributed by atoms with Crippen LogP contribution >= 0.6 is 11.6 Å². The molecule has 1 heterocycles. The molecule has 1 aromatic carbocycles. The number of imide groups is 1. The average molecular weight is 224 g/mol. The van der Waals surface area contributed by atoms with Crippen LogP contribution in [0.15, 0.2) is 29.8 Å². The van der Waals surface area contributed by atoms with E-state index in [2.05, 4.69) is 0 Å². The number of para-hydroxylation sites is 1. The fourth-order valence-electron chi connectivity index (χ4n) is 1.54. The Balaban J connectivity index is 2.67. The van der Waals surface area contributed by atoms with Gasteiger partial charge in [-0.2, -0.15) is 0 Å². The first kappa shape index (κ1) is 9.73. The van der Waals surface area contributed by atoms with Gasteiger partial charge in [0.25, 0.3) is 5.91 Å². The smallest absolute Gasteiger partial charge is 0.419 e. The standard InChI is InChI=1S/C10H6ClNO3/c11-5-7-6-3-1-2-4-8(6)12(9(7)13)10(14)15/h1-5H,(H,14,15)/b7-5-. The van der Waals surface area contributed by atoms with Crippen LogP contribution in [0.1, 0.15) is 5.56 Å². The summed E-state index contributed by atoms with van der Waals surface area (Å²) in [6.07, 6.45) is -1.30. The van der Waals surface area contributed by atoms with E-state index in [1.54, 1.807) is 24.3 Å². The first-order valence-electron chi connectivity index (χ1n) is 4.14. The number of nitrogens with zero attached hydrogens (tertiary/aromatic N) is 1. The van der Waals surface area contributed by atoms with Crippen molar-refractivity contribution in [2.45, 2.75) is 0 Å². The monoisotopic (exact) mass is 223 g/mol. The maximum absolute atomic E-state index is 11.6. The van der Waals surface area contributed by atoms with Crippen LogP contribution in [0, 0.1) is 0 Å². The molecule has 0 bridgehead atoms. The van der Waals surface area contributed by atoms with Crippen LogP contribution in [0.25, 0.3) is 5.57 Å². The molecular weight excluding hydrogens is 218 g/mol. The molecule has 0 spiro atoms. The van der Waals surface area contributed by atoms with Gasteiger partial charge >= 0.3 is 6.09 Å². The minimum absolute atomic E-state index is 0.203. The fourth-order valence-corrected chi connectivity index (χ4v) is 1.75. The summed E-state index contributed by atoms with van der Waals surface area (Å²) < 4.78 is 0. The molecule has 0 fully saturated rings.